The molecule has 1 aliphatic rings. The SMILES string of the molecule is CC(C)c1ccc(C2=C/C(=C/c3ccco3)C(=O)O2)cc1. The molecule has 0 aliphatic carbocycles. The van der Waals surface area contributed by atoms with Crippen LogP contribution in [-0.2, 0) is 9.53 Å². The fourth-order valence-corrected chi connectivity index (χ4v) is 2.19. The first-order valence-electron chi connectivity index (χ1n) is 6.93. The molecule has 106 valence electrons. The highest BCUT2D eigenvalue weighted by atomic mass is 16.5. The van der Waals surface area contributed by atoms with E-state index in [1.54, 1.807) is 30.5 Å². The Bertz CT molecular complexity index is 701. The molecular formula is C18H16O3. The van der Waals surface area contributed by atoms with Gasteiger partial charge in [0.25, 0.3) is 0 Å². The summed E-state index contributed by atoms with van der Waals surface area (Å²) in [5.41, 5.74) is 2.65. The lowest BCUT2D eigenvalue weighted by atomic mass is 10.0. The quantitative estimate of drug-likeness (QED) is 0.618. The molecule has 0 spiro atoms. The molecule has 0 N–H and O–H groups in total. The van der Waals surface area contributed by atoms with Gasteiger partial charge in [0.1, 0.15) is 11.5 Å². The van der Waals surface area contributed by atoms with Gasteiger partial charge in [0.15, 0.2) is 0 Å². The smallest absolute Gasteiger partial charge is 0.343 e. The van der Waals surface area contributed by atoms with Crippen LogP contribution in [0.5, 0.6) is 0 Å². The molecule has 21 heavy (non-hydrogen) atoms. The number of hydrogen-bond donors (Lipinski definition) is 0. The highest BCUT2D eigenvalue weighted by Crippen LogP contribution is 2.28. The number of benzene rings is 1. The topological polar surface area (TPSA) is 39.4 Å². The Kier molecular flexibility index (Phi) is 3.48. The number of cyclic esters (lactones) is 1. The predicted octanol–water partition coefficient (Wildman–Crippen LogP) is 4.38. The van der Waals surface area contributed by atoms with Crippen LogP contribution in [0.3, 0.4) is 0 Å². The minimum atomic E-state index is -0.352. The molecule has 3 rings (SSSR count). The van der Waals surface area contributed by atoms with E-state index in [-0.39, 0.29) is 5.97 Å². The van der Waals surface area contributed by atoms with Gasteiger partial charge in [-0.3, -0.25) is 0 Å². The van der Waals surface area contributed by atoms with Crippen molar-refractivity contribution in [3.63, 3.8) is 0 Å². The van der Waals surface area contributed by atoms with E-state index >= 15 is 0 Å². The molecule has 1 aromatic heterocycles. The zero-order chi connectivity index (χ0) is 14.8. The zero-order valence-corrected chi connectivity index (χ0v) is 12.0. The predicted molar refractivity (Wildman–Crippen MR) is 81.3 cm³/mol. The highest BCUT2D eigenvalue weighted by Gasteiger charge is 2.22. The average molecular weight is 280 g/mol. The summed E-state index contributed by atoms with van der Waals surface area (Å²) in [7, 11) is 0. The maximum atomic E-state index is 11.9. The van der Waals surface area contributed by atoms with Crippen molar-refractivity contribution in [2.75, 3.05) is 0 Å². The first kappa shape index (κ1) is 13.4. The van der Waals surface area contributed by atoms with Gasteiger partial charge in [-0.05, 0) is 35.8 Å². The van der Waals surface area contributed by atoms with Crippen molar-refractivity contribution < 1.29 is 13.9 Å². The largest absolute Gasteiger partial charge is 0.465 e. The lowest BCUT2D eigenvalue weighted by molar-refractivity contribution is -0.130. The number of hydrogen-bond acceptors (Lipinski definition) is 3. The van der Waals surface area contributed by atoms with Crippen LogP contribution in [0.15, 0.2) is 58.7 Å². The van der Waals surface area contributed by atoms with Gasteiger partial charge in [-0.25, -0.2) is 4.79 Å². The summed E-state index contributed by atoms with van der Waals surface area (Å²) in [6, 6.07) is 11.6. The van der Waals surface area contributed by atoms with Gasteiger partial charge in [-0.15, -0.1) is 0 Å². The van der Waals surface area contributed by atoms with Crippen LogP contribution >= 0.6 is 0 Å². The van der Waals surface area contributed by atoms with Crippen LogP contribution in [0.25, 0.3) is 11.8 Å². The van der Waals surface area contributed by atoms with E-state index in [0.29, 0.717) is 23.0 Å². The van der Waals surface area contributed by atoms with E-state index in [1.165, 1.54) is 5.56 Å². The van der Waals surface area contributed by atoms with Crippen molar-refractivity contribution in [1.29, 1.82) is 0 Å². The molecule has 0 fully saturated rings. The van der Waals surface area contributed by atoms with Gasteiger partial charge in [0.05, 0.1) is 11.8 Å². The average Bonchev–Trinajstić information content (AvgIpc) is 3.10. The molecule has 0 atom stereocenters. The molecule has 0 radical (unpaired) electrons. The summed E-state index contributed by atoms with van der Waals surface area (Å²) in [6.45, 7) is 4.29. The normalized spacial score (nSPS) is 16.4. The van der Waals surface area contributed by atoms with Crippen LogP contribution in [0.4, 0.5) is 0 Å². The maximum absolute atomic E-state index is 11.9. The second-order valence-corrected chi connectivity index (χ2v) is 5.29. The Balaban J connectivity index is 1.88. The first-order valence-corrected chi connectivity index (χ1v) is 6.93. The van der Waals surface area contributed by atoms with Crippen molar-refractivity contribution in [3.8, 4) is 0 Å². The van der Waals surface area contributed by atoms with Crippen LogP contribution in [0.1, 0.15) is 36.7 Å². The number of esters is 1. The standard InChI is InChI=1S/C18H16O3/c1-12(2)13-5-7-14(8-6-13)17-11-15(18(19)21-17)10-16-4-3-9-20-16/h3-12H,1-2H3/b15-10-. The highest BCUT2D eigenvalue weighted by molar-refractivity contribution is 6.04. The Morgan fingerprint density at radius 1 is 1.10 bits per heavy atom. The molecule has 0 amide bonds. The third kappa shape index (κ3) is 2.82. The van der Waals surface area contributed by atoms with Crippen molar-refractivity contribution in [1.82, 2.24) is 0 Å². The Hall–Kier alpha value is -2.55. The summed E-state index contributed by atoms with van der Waals surface area (Å²) in [6.07, 6.45) is 5.00. The van der Waals surface area contributed by atoms with Crippen LogP contribution in [0, 0.1) is 0 Å². The Morgan fingerprint density at radius 3 is 2.48 bits per heavy atom. The van der Waals surface area contributed by atoms with Gasteiger partial charge in [0.2, 0.25) is 0 Å². The summed E-state index contributed by atoms with van der Waals surface area (Å²) in [5.74, 6) is 1.34. The van der Waals surface area contributed by atoms with Crippen molar-refractivity contribution in [2.45, 2.75) is 19.8 Å². The molecule has 0 saturated carbocycles. The summed E-state index contributed by atoms with van der Waals surface area (Å²) in [4.78, 5) is 11.9. The molecule has 0 unspecified atom stereocenters. The molecule has 1 aromatic carbocycles. The van der Waals surface area contributed by atoms with E-state index in [2.05, 4.69) is 26.0 Å². The van der Waals surface area contributed by atoms with E-state index < -0.39 is 0 Å². The number of carbonyl (C=O) groups excluding carboxylic acids is 1. The fourth-order valence-electron chi connectivity index (χ4n) is 2.19. The van der Waals surface area contributed by atoms with Gasteiger partial charge in [-0.2, -0.15) is 0 Å². The second-order valence-electron chi connectivity index (χ2n) is 5.29. The molecule has 3 heteroatoms. The lowest BCUT2D eigenvalue weighted by Gasteiger charge is -2.06. The van der Waals surface area contributed by atoms with Gasteiger partial charge >= 0.3 is 5.97 Å². The van der Waals surface area contributed by atoms with Crippen molar-refractivity contribution >= 4 is 17.8 Å². The molecule has 1 aliphatic heterocycles. The monoisotopic (exact) mass is 280 g/mol. The molecule has 0 bridgehead atoms. The molecular weight excluding hydrogens is 264 g/mol. The number of rotatable bonds is 3. The second kappa shape index (κ2) is 5.44. The number of furan rings is 1. The minimum Gasteiger partial charge on any atom is -0.465 e. The molecule has 0 saturated heterocycles. The van der Waals surface area contributed by atoms with Crippen molar-refractivity contribution in [3.05, 3.63) is 71.2 Å². The summed E-state index contributed by atoms with van der Waals surface area (Å²) < 4.78 is 10.5. The van der Waals surface area contributed by atoms with Crippen molar-refractivity contribution in [2.24, 2.45) is 0 Å². The lowest BCUT2D eigenvalue weighted by Crippen LogP contribution is -1.97. The van der Waals surface area contributed by atoms with E-state index in [4.69, 9.17) is 9.15 Å². The fraction of sp³-hybridized carbons (Fsp3) is 0.167. The third-order valence-electron chi connectivity index (χ3n) is 3.43. The van der Waals surface area contributed by atoms with Gasteiger partial charge < -0.3 is 9.15 Å². The van der Waals surface area contributed by atoms with Crippen LogP contribution in [-0.4, -0.2) is 5.97 Å². The molecule has 2 aromatic rings. The van der Waals surface area contributed by atoms with Gasteiger partial charge in [-0.1, -0.05) is 38.1 Å². The van der Waals surface area contributed by atoms with E-state index in [1.807, 2.05) is 12.1 Å². The van der Waals surface area contributed by atoms with E-state index in [0.717, 1.165) is 5.56 Å². The van der Waals surface area contributed by atoms with Crippen LogP contribution < -0.4 is 0 Å². The Morgan fingerprint density at radius 2 is 1.86 bits per heavy atom. The minimum absolute atomic E-state index is 0.352. The Labute approximate surface area is 123 Å². The van der Waals surface area contributed by atoms with Gasteiger partial charge in [0, 0.05) is 5.56 Å². The zero-order valence-electron chi connectivity index (χ0n) is 12.0. The van der Waals surface area contributed by atoms with E-state index in [9.17, 15) is 4.79 Å². The number of carbonyl (C=O) groups is 1. The van der Waals surface area contributed by atoms with Crippen LogP contribution in [0.2, 0.25) is 0 Å². The first-order chi connectivity index (χ1) is 10.1. The number of ether oxygens (including phenoxy) is 1. The summed E-state index contributed by atoms with van der Waals surface area (Å²) in [5, 5.41) is 0. The maximum Gasteiger partial charge on any atom is 0.343 e. The summed E-state index contributed by atoms with van der Waals surface area (Å²) >= 11 is 0. The molecule has 2 heterocycles. The third-order valence-corrected chi connectivity index (χ3v) is 3.43. The molecule has 3 nitrogen and oxygen atoms in total.